The smallest absolute Gasteiger partial charge is 0.321 e. The third-order valence-electron chi connectivity index (χ3n) is 1.32. The van der Waals surface area contributed by atoms with E-state index in [1.54, 1.807) is 0 Å². The molecule has 0 amide bonds. The van der Waals surface area contributed by atoms with Crippen molar-refractivity contribution >= 4 is 17.5 Å². The minimum absolute atomic E-state index is 0.0799. The number of carbonyl (C=O) groups is 3. The highest BCUT2D eigenvalue weighted by atomic mass is 16.4. The standard InChI is InChI=1S/C7H10O4/c1-3-5(9)6(4(2)8)7(10)11/h6H,3H2,1-2H3,(H,10,11). The number of hydrogen-bond acceptors (Lipinski definition) is 3. The molecule has 0 fully saturated rings. The van der Waals surface area contributed by atoms with Gasteiger partial charge in [-0.2, -0.15) is 0 Å². The highest BCUT2D eigenvalue weighted by Crippen LogP contribution is 2.02. The van der Waals surface area contributed by atoms with Crippen molar-refractivity contribution in [2.24, 2.45) is 5.92 Å². The van der Waals surface area contributed by atoms with Gasteiger partial charge >= 0.3 is 5.97 Å². The first-order valence-corrected chi connectivity index (χ1v) is 3.26. The highest BCUT2D eigenvalue weighted by Gasteiger charge is 2.28. The normalized spacial score (nSPS) is 12.2. The molecule has 62 valence electrons. The average Bonchev–Trinajstić information content (AvgIpc) is 1.85. The molecule has 0 aromatic rings. The molecule has 1 atom stereocenters. The first-order chi connectivity index (χ1) is 5.00. The zero-order chi connectivity index (χ0) is 9.02. The number of carbonyl (C=O) groups excluding carboxylic acids is 2. The Balaban J connectivity index is 4.47. The third kappa shape index (κ3) is 2.49. The fraction of sp³-hybridized carbons (Fsp3) is 0.571. The van der Waals surface area contributed by atoms with E-state index in [9.17, 15) is 14.4 Å². The van der Waals surface area contributed by atoms with E-state index in [2.05, 4.69) is 0 Å². The van der Waals surface area contributed by atoms with Gasteiger partial charge < -0.3 is 5.11 Å². The molecule has 0 aromatic carbocycles. The third-order valence-corrected chi connectivity index (χ3v) is 1.32. The van der Waals surface area contributed by atoms with Crippen LogP contribution in [0.2, 0.25) is 0 Å². The maximum Gasteiger partial charge on any atom is 0.321 e. The molecule has 11 heavy (non-hydrogen) atoms. The monoisotopic (exact) mass is 158 g/mol. The van der Waals surface area contributed by atoms with Crippen molar-refractivity contribution in [3.8, 4) is 0 Å². The summed E-state index contributed by atoms with van der Waals surface area (Å²) in [5.41, 5.74) is 0. The first kappa shape index (κ1) is 9.81. The second kappa shape index (κ2) is 3.85. The van der Waals surface area contributed by atoms with Crippen LogP contribution in [0.15, 0.2) is 0 Å². The van der Waals surface area contributed by atoms with Crippen LogP contribution in [0.5, 0.6) is 0 Å². The van der Waals surface area contributed by atoms with Crippen LogP contribution in [-0.2, 0) is 14.4 Å². The molecule has 0 aliphatic heterocycles. The Morgan fingerprint density at radius 1 is 1.36 bits per heavy atom. The summed E-state index contributed by atoms with van der Waals surface area (Å²) >= 11 is 0. The summed E-state index contributed by atoms with van der Waals surface area (Å²) in [5, 5.41) is 8.40. The lowest BCUT2D eigenvalue weighted by atomic mass is 9.99. The first-order valence-electron chi connectivity index (χ1n) is 3.26. The number of ketones is 2. The predicted octanol–water partition coefficient (Wildman–Crippen LogP) is 0.255. The van der Waals surface area contributed by atoms with Gasteiger partial charge in [0.2, 0.25) is 0 Å². The Kier molecular flexibility index (Phi) is 3.44. The molecule has 0 heterocycles. The fourth-order valence-electron chi connectivity index (χ4n) is 0.742. The van der Waals surface area contributed by atoms with Gasteiger partial charge in [-0.1, -0.05) is 6.92 Å². The summed E-state index contributed by atoms with van der Waals surface area (Å²) in [6.07, 6.45) is 0.0799. The largest absolute Gasteiger partial charge is 0.480 e. The van der Waals surface area contributed by atoms with Gasteiger partial charge in [-0.15, -0.1) is 0 Å². The second-order valence-electron chi connectivity index (χ2n) is 2.20. The Morgan fingerprint density at radius 2 is 1.82 bits per heavy atom. The van der Waals surface area contributed by atoms with E-state index in [0.717, 1.165) is 6.92 Å². The molecule has 0 saturated carbocycles. The van der Waals surface area contributed by atoms with Crippen LogP contribution in [-0.4, -0.2) is 22.6 Å². The van der Waals surface area contributed by atoms with Gasteiger partial charge in [0.25, 0.3) is 0 Å². The molecule has 4 nitrogen and oxygen atoms in total. The second-order valence-corrected chi connectivity index (χ2v) is 2.20. The lowest BCUT2D eigenvalue weighted by Crippen LogP contribution is -2.29. The maximum atomic E-state index is 10.8. The van der Waals surface area contributed by atoms with E-state index < -0.39 is 23.5 Å². The van der Waals surface area contributed by atoms with E-state index in [4.69, 9.17) is 5.11 Å². The van der Waals surface area contributed by atoms with Crippen molar-refractivity contribution in [1.29, 1.82) is 0 Å². The Hall–Kier alpha value is -1.19. The number of rotatable bonds is 4. The lowest BCUT2D eigenvalue weighted by Gasteiger charge is -2.03. The van der Waals surface area contributed by atoms with Crippen LogP contribution in [0.25, 0.3) is 0 Å². The molecule has 0 spiro atoms. The van der Waals surface area contributed by atoms with Crippen LogP contribution in [0.4, 0.5) is 0 Å². The van der Waals surface area contributed by atoms with Crippen molar-refractivity contribution in [1.82, 2.24) is 0 Å². The van der Waals surface area contributed by atoms with Crippen LogP contribution in [0, 0.1) is 5.92 Å². The van der Waals surface area contributed by atoms with E-state index >= 15 is 0 Å². The Labute approximate surface area is 64.2 Å². The molecule has 0 rings (SSSR count). The summed E-state index contributed by atoms with van der Waals surface area (Å²) in [4.78, 5) is 31.7. The van der Waals surface area contributed by atoms with Gasteiger partial charge in [-0.05, 0) is 6.92 Å². The molecule has 0 bridgehead atoms. The average molecular weight is 158 g/mol. The summed E-state index contributed by atoms with van der Waals surface area (Å²) < 4.78 is 0. The maximum absolute atomic E-state index is 10.8. The van der Waals surface area contributed by atoms with Crippen molar-refractivity contribution in [3.63, 3.8) is 0 Å². The molecule has 0 radical (unpaired) electrons. The molecule has 0 aromatic heterocycles. The van der Waals surface area contributed by atoms with Gasteiger partial charge in [-0.25, -0.2) is 0 Å². The number of carboxylic acids is 1. The van der Waals surface area contributed by atoms with Crippen LogP contribution in [0.1, 0.15) is 20.3 Å². The summed E-state index contributed by atoms with van der Waals surface area (Å²) in [5.74, 6) is -3.96. The van der Waals surface area contributed by atoms with Gasteiger partial charge in [0.05, 0.1) is 0 Å². The van der Waals surface area contributed by atoms with Crippen LogP contribution >= 0.6 is 0 Å². The number of hydrogen-bond donors (Lipinski definition) is 1. The summed E-state index contributed by atoms with van der Waals surface area (Å²) in [7, 11) is 0. The highest BCUT2D eigenvalue weighted by molar-refractivity contribution is 6.15. The summed E-state index contributed by atoms with van der Waals surface area (Å²) in [6, 6.07) is 0. The quantitative estimate of drug-likeness (QED) is 0.595. The van der Waals surface area contributed by atoms with Gasteiger partial charge in [0.1, 0.15) is 0 Å². The van der Waals surface area contributed by atoms with E-state index in [-0.39, 0.29) is 6.42 Å². The van der Waals surface area contributed by atoms with Crippen LogP contribution < -0.4 is 0 Å². The lowest BCUT2D eigenvalue weighted by molar-refractivity contribution is -0.149. The van der Waals surface area contributed by atoms with Crippen LogP contribution in [0.3, 0.4) is 0 Å². The molecule has 1 N–H and O–H groups in total. The van der Waals surface area contributed by atoms with Gasteiger partial charge in [0, 0.05) is 6.42 Å². The summed E-state index contributed by atoms with van der Waals surface area (Å²) in [6.45, 7) is 2.63. The minimum atomic E-state index is -1.46. The van der Waals surface area contributed by atoms with Crippen molar-refractivity contribution in [2.45, 2.75) is 20.3 Å². The van der Waals surface area contributed by atoms with Crippen molar-refractivity contribution < 1.29 is 19.5 Å². The van der Waals surface area contributed by atoms with E-state index in [0.29, 0.717) is 0 Å². The van der Waals surface area contributed by atoms with Crippen molar-refractivity contribution in [3.05, 3.63) is 0 Å². The minimum Gasteiger partial charge on any atom is -0.480 e. The zero-order valence-electron chi connectivity index (χ0n) is 6.46. The Morgan fingerprint density at radius 3 is 1.91 bits per heavy atom. The zero-order valence-corrected chi connectivity index (χ0v) is 6.46. The Bertz CT molecular complexity index is 181. The number of carboxylic acid groups (broad SMARTS) is 1. The van der Waals surface area contributed by atoms with Gasteiger partial charge in [-0.3, -0.25) is 14.4 Å². The van der Waals surface area contributed by atoms with E-state index in [1.807, 2.05) is 0 Å². The molecular formula is C7H10O4. The topological polar surface area (TPSA) is 71.4 Å². The van der Waals surface area contributed by atoms with E-state index in [1.165, 1.54) is 6.92 Å². The fourth-order valence-corrected chi connectivity index (χ4v) is 0.742. The molecule has 0 aliphatic carbocycles. The SMILES string of the molecule is CCC(=O)C(C(C)=O)C(=O)O. The molecule has 0 saturated heterocycles. The van der Waals surface area contributed by atoms with Gasteiger partial charge in [0.15, 0.2) is 17.5 Å². The predicted molar refractivity (Wildman–Crippen MR) is 37.1 cm³/mol. The van der Waals surface area contributed by atoms with Crippen molar-refractivity contribution in [2.75, 3.05) is 0 Å². The molecule has 4 heteroatoms. The molecule has 0 aliphatic rings. The number of Topliss-reactive ketones (excluding diaryl/α,β-unsaturated/α-hetero) is 2. The molecular weight excluding hydrogens is 148 g/mol. The number of aliphatic carboxylic acids is 1. The molecule has 1 unspecified atom stereocenters.